The highest BCUT2D eigenvalue weighted by molar-refractivity contribution is 9.10. The zero-order valence-corrected chi connectivity index (χ0v) is 17.3. The van der Waals surface area contributed by atoms with Crippen molar-refractivity contribution in [3.63, 3.8) is 0 Å². The molecule has 0 aliphatic carbocycles. The molecule has 0 saturated carbocycles. The van der Waals surface area contributed by atoms with Crippen LogP contribution in [0, 0.1) is 15.9 Å². The van der Waals surface area contributed by atoms with E-state index in [1.807, 2.05) is 4.90 Å². The van der Waals surface area contributed by atoms with Gasteiger partial charge in [-0.3, -0.25) is 10.1 Å². The Morgan fingerprint density at radius 3 is 2.33 bits per heavy atom. The van der Waals surface area contributed by atoms with Gasteiger partial charge in [-0.05, 0) is 36.4 Å². The third kappa shape index (κ3) is 4.18. The van der Waals surface area contributed by atoms with Crippen LogP contribution in [0.2, 0.25) is 0 Å². The van der Waals surface area contributed by atoms with Gasteiger partial charge >= 0.3 is 11.6 Å². The quantitative estimate of drug-likeness (QED) is 0.400. The van der Waals surface area contributed by atoms with Crippen LogP contribution in [0.15, 0.2) is 59.3 Å². The van der Waals surface area contributed by atoms with E-state index >= 15 is 0 Å². The summed E-state index contributed by atoms with van der Waals surface area (Å²) in [5.74, 6) is 0.207. The fourth-order valence-electron chi connectivity index (χ4n) is 3.30. The molecule has 0 bridgehead atoms. The number of hydrogen-bond acceptors (Lipinski definition) is 7. The van der Waals surface area contributed by atoms with E-state index in [1.54, 1.807) is 47.4 Å². The Balaban J connectivity index is 1.56. The topological polar surface area (TPSA) is 84.6 Å². The van der Waals surface area contributed by atoms with Crippen LogP contribution in [0.1, 0.15) is 0 Å². The third-order valence-electron chi connectivity index (χ3n) is 4.75. The molecule has 2 heterocycles. The Hall–Kier alpha value is -3.27. The average molecular weight is 474 g/mol. The van der Waals surface area contributed by atoms with Crippen molar-refractivity contribution >= 4 is 33.1 Å². The van der Waals surface area contributed by atoms with Crippen molar-refractivity contribution in [1.82, 2.24) is 9.97 Å². The summed E-state index contributed by atoms with van der Waals surface area (Å²) in [4.78, 5) is 23.1. The summed E-state index contributed by atoms with van der Waals surface area (Å²) in [6.45, 7) is 1.91. The van der Waals surface area contributed by atoms with E-state index in [4.69, 9.17) is 4.74 Å². The molecule has 154 valence electrons. The molecule has 1 aliphatic heterocycles. The van der Waals surface area contributed by atoms with Crippen LogP contribution in [0.4, 0.5) is 21.6 Å². The monoisotopic (exact) mass is 473 g/mol. The summed E-state index contributed by atoms with van der Waals surface area (Å²) < 4.78 is 20.6. The molecule has 0 N–H and O–H groups in total. The van der Waals surface area contributed by atoms with Crippen molar-refractivity contribution < 1.29 is 14.1 Å². The molecule has 0 spiro atoms. The van der Waals surface area contributed by atoms with Gasteiger partial charge < -0.3 is 14.5 Å². The van der Waals surface area contributed by atoms with Crippen LogP contribution in [0.3, 0.4) is 0 Å². The summed E-state index contributed by atoms with van der Waals surface area (Å²) >= 11 is 3.33. The number of halogens is 2. The zero-order valence-electron chi connectivity index (χ0n) is 15.7. The number of piperazine rings is 1. The first-order chi connectivity index (χ1) is 14.5. The molecule has 1 aromatic heterocycles. The molecule has 0 amide bonds. The van der Waals surface area contributed by atoms with Crippen molar-refractivity contribution in [3.8, 4) is 11.6 Å². The summed E-state index contributed by atoms with van der Waals surface area (Å²) in [7, 11) is 0. The molecule has 2 aromatic carbocycles. The molecular formula is C20H17BrFN5O3. The van der Waals surface area contributed by atoms with Crippen LogP contribution in [-0.4, -0.2) is 41.1 Å². The maximum Gasteiger partial charge on any atom is 0.373 e. The third-order valence-corrected chi connectivity index (χ3v) is 5.28. The van der Waals surface area contributed by atoms with E-state index < -0.39 is 4.92 Å². The van der Waals surface area contributed by atoms with Gasteiger partial charge in [0, 0.05) is 30.7 Å². The van der Waals surface area contributed by atoms with Crippen LogP contribution in [0.5, 0.6) is 11.6 Å². The van der Waals surface area contributed by atoms with Gasteiger partial charge in [0.15, 0.2) is 0 Å². The Morgan fingerprint density at radius 1 is 1.00 bits per heavy atom. The van der Waals surface area contributed by atoms with E-state index in [1.165, 1.54) is 12.4 Å². The highest BCUT2D eigenvalue weighted by Crippen LogP contribution is 2.36. The first-order valence-corrected chi connectivity index (χ1v) is 9.99. The number of anilines is 2. The molecule has 0 unspecified atom stereocenters. The van der Waals surface area contributed by atoms with E-state index in [0.717, 1.165) is 4.47 Å². The molecule has 3 aromatic rings. The van der Waals surface area contributed by atoms with Crippen LogP contribution in [0.25, 0.3) is 0 Å². The molecule has 0 radical (unpaired) electrons. The molecule has 1 aliphatic rings. The van der Waals surface area contributed by atoms with E-state index in [9.17, 15) is 14.5 Å². The van der Waals surface area contributed by atoms with Crippen molar-refractivity contribution in [1.29, 1.82) is 0 Å². The SMILES string of the molecule is O=[N+]([O-])c1c(Oc2ccc(Br)cc2)ncnc1N1CCN(c2ccccc2F)CC1. The van der Waals surface area contributed by atoms with Gasteiger partial charge in [0.2, 0.25) is 5.82 Å². The summed E-state index contributed by atoms with van der Waals surface area (Å²) in [5.41, 5.74) is 0.230. The van der Waals surface area contributed by atoms with Gasteiger partial charge in [0.05, 0.1) is 10.6 Å². The second-order valence-corrected chi connectivity index (χ2v) is 7.51. The lowest BCUT2D eigenvalue weighted by atomic mass is 10.2. The van der Waals surface area contributed by atoms with Gasteiger partial charge in [-0.25, -0.2) is 9.37 Å². The lowest BCUT2D eigenvalue weighted by Gasteiger charge is -2.36. The number of hydrogen-bond donors (Lipinski definition) is 0. The fourth-order valence-corrected chi connectivity index (χ4v) is 3.57. The number of benzene rings is 2. The molecular weight excluding hydrogens is 457 g/mol. The molecule has 4 rings (SSSR count). The minimum atomic E-state index is -0.535. The second-order valence-electron chi connectivity index (χ2n) is 6.59. The van der Waals surface area contributed by atoms with Crippen molar-refractivity contribution in [2.24, 2.45) is 0 Å². The Labute approximate surface area is 180 Å². The van der Waals surface area contributed by atoms with Gasteiger partial charge in [0.1, 0.15) is 17.9 Å². The van der Waals surface area contributed by atoms with Gasteiger partial charge in [0.25, 0.3) is 0 Å². The smallest absolute Gasteiger partial charge is 0.373 e. The standard InChI is InChI=1S/C20H17BrFN5O3/c21-14-5-7-15(8-6-14)30-20-18(27(28)29)19(23-13-24-20)26-11-9-25(10-12-26)17-4-2-1-3-16(17)22/h1-8,13H,9-12H2. The molecule has 1 fully saturated rings. The Morgan fingerprint density at radius 2 is 1.67 bits per heavy atom. The molecule has 8 nitrogen and oxygen atoms in total. The highest BCUT2D eigenvalue weighted by Gasteiger charge is 2.31. The Kier molecular flexibility index (Phi) is 5.75. The molecule has 10 heteroatoms. The molecule has 1 saturated heterocycles. The largest absolute Gasteiger partial charge is 0.434 e. The van der Waals surface area contributed by atoms with Crippen LogP contribution in [-0.2, 0) is 0 Å². The van der Waals surface area contributed by atoms with Crippen molar-refractivity contribution in [3.05, 3.63) is 75.3 Å². The van der Waals surface area contributed by atoms with E-state index in [-0.39, 0.29) is 23.2 Å². The highest BCUT2D eigenvalue weighted by atomic mass is 79.9. The normalized spacial score (nSPS) is 13.9. The van der Waals surface area contributed by atoms with Gasteiger partial charge in [-0.1, -0.05) is 28.1 Å². The summed E-state index contributed by atoms with van der Waals surface area (Å²) in [5, 5.41) is 11.8. The van der Waals surface area contributed by atoms with Gasteiger partial charge in [-0.15, -0.1) is 0 Å². The first-order valence-electron chi connectivity index (χ1n) is 9.20. The first kappa shape index (κ1) is 20.0. The maximum absolute atomic E-state index is 14.1. The summed E-state index contributed by atoms with van der Waals surface area (Å²) in [6, 6.07) is 13.5. The number of nitrogens with zero attached hydrogens (tertiary/aromatic N) is 5. The second kappa shape index (κ2) is 8.62. The number of nitro groups is 1. The lowest BCUT2D eigenvalue weighted by molar-refractivity contribution is -0.385. The predicted octanol–water partition coefficient (Wildman–Crippen LogP) is 4.41. The molecule has 30 heavy (non-hydrogen) atoms. The Bertz CT molecular complexity index is 1060. The summed E-state index contributed by atoms with van der Waals surface area (Å²) in [6.07, 6.45) is 1.25. The molecule has 0 atom stereocenters. The number of ether oxygens (including phenoxy) is 1. The van der Waals surface area contributed by atoms with Gasteiger partial charge in [-0.2, -0.15) is 4.98 Å². The lowest BCUT2D eigenvalue weighted by Crippen LogP contribution is -2.47. The van der Waals surface area contributed by atoms with Crippen LogP contribution < -0.4 is 14.5 Å². The fraction of sp³-hybridized carbons (Fsp3) is 0.200. The minimum Gasteiger partial charge on any atom is -0.434 e. The van der Waals surface area contributed by atoms with E-state index in [0.29, 0.717) is 37.6 Å². The minimum absolute atomic E-state index is 0.121. The number of aromatic nitrogens is 2. The predicted molar refractivity (Wildman–Crippen MR) is 114 cm³/mol. The zero-order chi connectivity index (χ0) is 21.1. The number of para-hydroxylation sites is 1. The maximum atomic E-state index is 14.1. The van der Waals surface area contributed by atoms with E-state index in [2.05, 4.69) is 25.9 Å². The van der Waals surface area contributed by atoms with Crippen LogP contribution >= 0.6 is 15.9 Å². The van der Waals surface area contributed by atoms with Crippen molar-refractivity contribution in [2.75, 3.05) is 36.0 Å². The number of rotatable bonds is 5. The average Bonchev–Trinajstić information content (AvgIpc) is 2.75. The van der Waals surface area contributed by atoms with Crippen molar-refractivity contribution in [2.45, 2.75) is 0 Å².